The molecule has 20 heavy (non-hydrogen) atoms. The number of nitrogens with two attached hydrogens (primary N) is 1. The average molecular weight is 291 g/mol. The summed E-state index contributed by atoms with van der Waals surface area (Å²) in [6.45, 7) is 2.06. The topological polar surface area (TPSA) is 77.2 Å². The number of aromatic nitrogens is 1. The number of rotatable bonds is 5. The van der Waals surface area contributed by atoms with Crippen molar-refractivity contribution in [2.24, 2.45) is 0 Å². The van der Waals surface area contributed by atoms with Crippen molar-refractivity contribution in [1.82, 2.24) is 4.98 Å². The van der Waals surface area contributed by atoms with Crippen molar-refractivity contribution in [3.63, 3.8) is 0 Å². The van der Waals surface area contributed by atoms with Gasteiger partial charge in [0.15, 0.2) is 0 Å². The van der Waals surface area contributed by atoms with Crippen molar-refractivity contribution in [3.05, 3.63) is 40.3 Å². The smallest absolute Gasteiger partial charge is 0.340 e. The molecule has 0 radical (unpaired) electrons. The van der Waals surface area contributed by atoms with Crippen molar-refractivity contribution in [2.75, 3.05) is 18.2 Å². The molecular weight excluding hydrogens is 274 g/mol. The quantitative estimate of drug-likeness (QED) is 0.654. The molecule has 0 spiro atoms. The lowest BCUT2D eigenvalue weighted by atomic mass is 10.1. The Labute approximate surface area is 121 Å². The van der Waals surface area contributed by atoms with E-state index in [0.29, 0.717) is 16.9 Å². The van der Waals surface area contributed by atoms with Gasteiger partial charge in [0.05, 0.1) is 18.7 Å². The number of anilines is 2. The molecule has 1 aromatic carbocycles. The number of carbonyl (C=O) groups excluding carboxylic acids is 1. The lowest BCUT2D eigenvalue weighted by Gasteiger charge is -2.18. The molecule has 0 fully saturated rings. The first-order valence-electron chi connectivity index (χ1n) is 6.29. The van der Waals surface area contributed by atoms with Gasteiger partial charge in [-0.1, -0.05) is 6.92 Å². The second kappa shape index (κ2) is 6.38. The normalized spacial score (nSPS) is 11.9. The summed E-state index contributed by atoms with van der Waals surface area (Å²) in [6, 6.07) is 5.21. The van der Waals surface area contributed by atoms with Gasteiger partial charge < -0.3 is 15.8 Å². The fraction of sp³-hybridized carbons (Fsp3) is 0.286. The van der Waals surface area contributed by atoms with Gasteiger partial charge in [-0.05, 0) is 24.6 Å². The van der Waals surface area contributed by atoms with Gasteiger partial charge in [0.25, 0.3) is 0 Å². The number of nitrogens with zero attached hydrogens (tertiary/aromatic N) is 1. The molecule has 1 atom stereocenters. The molecule has 1 unspecified atom stereocenters. The van der Waals surface area contributed by atoms with Gasteiger partial charge >= 0.3 is 5.97 Å². The van der Waals surface area contributed by atoms with Crippen LogP contribution in [0.5, 0.6) is 0 Å². The maximum absolute atomic E-state index is 11.8. The molecule has 106 valence electrons. The molecule has 0 amide bonds. The molecule has 0 aliphatic carbocycles. The summed E-state index contributed by atoms with van der Waals surface area (Å²) in [7, 11) is 1.35. The molecule has 1 aromatic heterocycles. The van der Waals surface area contributed by atoms with E-state index in [1.54, 1.807) is 35.7 Å². The van der Waals surface area contributed by atoms with Crippen LogP contribution < -0.4 is 11.1 Å². The number of nitrogens with one attached hydrogen (secondary N) is 1. The summed E-state index contributed by atoms with van der Waals surface area (Å²) in [5, 5.41) is 6.25. The van der Waals surface area contributed by atoms with Crippen LogP contribution in [-0.4, -0.2) is 18.1 Å². The van der Waals surface area contributed by atoms with Gasteiger partial charge in [0, 0.05) is 23.0 Å². The Morgan fingerprint density at radius 2 is 2.35 bits per heavy atom. The molecule has 0 aliphatic rings. The van der Waals surface area contributed by atoms with Crippen LogP contribution in [0.25, 0.3) is 0 Å². The van der Waals surface area contributed by atoms with Gasteiger partial charge in [0.2, 0.25) is 0 Å². The third-order valence-electron chi connectivity index (χ3n) is 2.94. The van der Waals surface area contributed by atoms with E-state index < -0.39 is 5.97 Å². The highest BCUT2D eigenvalue weighted by molar-refractivity contribution is 7.09. The van der Waals surface area contributed by atoms with Gasteiger partial charge in [-0.3, -0.25) is 0 Å². The van der Waals surface area contributed by atoms with Gasteiger partial charge in [-0.25, -0.2) is 9.78 Å². The van der Waals surface area contributed by atoms with Crippen LogP contribution in [0.1, 0.15) is 34.8 Å². The highest BCUT2D eigenvalue weighted by Crippen LogP contribution is 2.27. The van der Waals surface area contributed by atoms with Crippen LogP contribution in [0, 0.1) is 0 Å². The van der Waals surface area contributed by atoms with Gasteiger partial charge in [0.1, 0.15) is 5.01 Å². The largest absolute Gasteiger partial charge is 0.465 e. The monoisotopic (exact) mass is 291 g/mol. The number of nitrogen functional groups attached to an aromatic ring is 1. The van der Waals surface area contributed by atoms with E-state index in [1.807, 2.05) is 5.38 Å². The second-order valence-electron chi connectivity index (χ2n) is 4.27. The van der Waals surface area contributed by atoms with Crippen LogP contribution in [0.2, 0.25) is 0 Å². The summed E-state index contributed by atoms with van der Waals surface area (Å²) in [5.74, 6) is -0.409. The third-order valence-corrected chi connectivity index (χ3v) is 3.83. The third kappa shape index (κ3) is 3.08. The first kappa shape index (κ1) is 14.3. The number of methoxy groups -OCH3 is 1. The van der Waals surface area contributed by atoms with Crippen molar-refractivity contribution >= 4 is 28.7 Å². The number of thiazole rings is 1. The van der Waals surface area contributed by atoms with E-state index in [2.05, 4.69) is 17.2 Å². The molecule has 0 bridgehead atoms. The molecule has 1 heterocycles. The summed E-state index contributed by atoms with van der Waals surface area (Å²) >= 11 is 1.58. The van der Waals surface area contributed by atoms with Crippen molar-refractivity contribution in [1.29, 1.82) is 0 Å². The Bertz CT molecular complexity index is 584. The van der Waals surface area contributed by atoms with Crippen LogP contribution >= 0.6 is 11.3 Å². The maximum atomic E-state index is 11.8. The first-order valence-corrected chi connectivity index (χ1v) is 7.17. The van der Waals surface area contributed by atoms with Crippen molar-refractivity contribution in [2.45, 2.75) is 19.4 Å². The highest BCUT2D eigenvalue weighted by Gasteiger charge is 2.17. The average Bonchev–Trinajstić information content (AvgIpc) is 2.99. The molecule has 3 N–H and O–H groups in total. The minimum Gasteiger partial charge on any atom is -0.465 e. The lowest BCUT2D eigenvalue weighted by molar-refractivity contribution is 0.0602. The Morgan fingerprint density at radius 1 is 1.55 bits per heavy atom. The van der Waals surface area contributed by atoms with Gasteiger partial charge in [-0.15, -0.1) is 11.3 Å². The number of benzene rings is 1. The van der Waals surface area contributed by atoms with E-state index in [9.17, 15) is 4.79 Å². The zero-order valence-electron chi connectivity index (χ0n) is 11.4. The van der Waals surface area contributed by atoms with E-state index in [4.69, 9.17) is 10.5 Å². The number of hydrogen-bond acceptors (Lipinski definition) is 6. The molecule has 2 aromatic rings. The molecule has 0 aliphatic heterocycles. The predicted octanol–water partition coefficient (Wildman–Crippen LogP) is 3.08. The van der Waals surface area contributed by atoms with Crippen molar-refractivity contribution in [3.8, 4) is 0 Å². The summed E-state index contributed by atoms with van der Waals surface area (Å²) < 4.78 is 4.79. The molecular formula is C14H17N3O2S. The lowest BCUT2D eigenvalue weighted by Crippen LogP contribution is -2.13. The van der Waals surface area contributed by atoms with Crippen molar-refractivity contribution < 1.29 is 9.53 Å². The molecule has 6 heteroatoms. The minimum atomic E-state index is -0.409. The first-order chi connectivity index (χ1) is 9.65. The van der Waals surface area contributed by atoms with Crippen LogP contribution in [0.15, 0.2) is 29.8 Å². The standard InChI is InChI=1S/C14H17N3O2S/c1-3-11(13-16-6-7-20-13)17-12-5-4-9(15)8-10(12)14(18)19-2/h4-8,11,17H,3,15H2,1-2H3. The Balaban J connectivity index is 2.30. The van der Waals surface area contributed by atoms with Crippen LogP contribution in [-0.2, 0) is 4.74 Å². The molecule has 5 nitrogen and oxygen atoms in total. The molecule has 2 rings (SSSR count). The zero-order valence-corrected chi connectivity index (χ0v) is 12.2. The number of carbonyl (C=O) groups is 1. The Morgan fingerprint density at radius 3 is 2.95 bits per heavy atom. The fourth-order valence-corrected chi connectivity index (χ4v) is 2.67. The Kier molecular flexibility index (Phi) is 4.57. The Hall–Kier alpha value is -2.08. The van der Waals surface area contributed by atoms with E-state index >= 15 is 0 Å². The number of esters is 1. The minimum absolute atomic E-state index is 0.0574. The molecule has 0 saturated heterocycles. The van der Waals surface area contributed by atoms with E-state index in [-0.39, 0.29) is 6.04 Å². The second-order valence-corrected chi connectivity index (χ2v) is 5.20. The van der Waals surface area contributed by atoms with Gasteiger partial charge in [-0.2, -0.15) is 0 Å². The summed E-state index contributed by atoms with van der Waals surface area (Å²) in [6.07, 6.45) is 2.63. The fourth-order valence-electron chi connectivity index (χ4n) is 1.90. The number of hydrogen-bond donors (Lipinski definition) is 2. The SMILES string of the molecule is CCC(Nc1ccc(N)cc1C(=O)OC)c1nccs1. The zero-order chi connectivity index (χ0) is 14.5. The van der Waals surface area contributed by atoms with Crippen LogP contribution in [0.4, 0.5) is 11.4 Å². The summed E-state index contributed by atoms with van der Waals surface area (Å²) in [5.41, 5.74) is 7.39. The van der Waals surface area contributed by atoms with Crippen LogP contribution in [0.3, 0.4) is 0 Å². The highest BCUT2D eigenvalue weighted by atomic mass is 32.1. The maximum Gasteiger partial charge on any atom is 0.340 e. The molecule has 0 saturated carbocycles. The van der Waals surface area contributed by atoms with E-state index in [1.165, 1.54) is 7.11 Å². The predicted molar refractivity (Wildman–Crippen MR) is 81.0 cm³/mol. The van der Waals surface area contributed by atoms with E-state index in [0.717, 1.165) is 11.4 Å². The summed E-state index contributed by atoms with van der Waals surface area (Å²) in [4.78, 5) is 16.1. The number of ether oxygens (including phenoxy) is 1.